The van der Waals surface area contributed by atoms with Gasteiger partial charge in [-0.05, 0) is 30.2 Å². The van der Waals surface area contributed by atoms with E-state index in [1.54, 1.807) is 18.3 Å². The molecule has 1 amide bonds. The molecule has 2 aromatic rings. The lowest BCUT2D eigenvalue weighted by Crippen LogP contribution is -2.39. The fourth-order valence-corrected chi connectivity index (χ4v) is 1.99. The van der Waals surface area contributed by atoms with Crippen LogP contribution in [0.3, 0.4) is 0 Å². The lowest BCUT2D eigenvalue weighted by Gasteiger charge is -2.24. The highest BCUT2D eigenvalue weighted by molar-refractivity contribution is 5.92. The maximum Gasteiger partial charge on any atom is 0.269 e. The Morgan fingerprint density at radius 3 is 2.43 bits per heavy atom. The highest BCUT2D eigenvalue weighted by Gasteiger charge is 2.15. The van der Waals surface area contributed by atoms with Crippen LogP contribution in [-0.4, -0.2) is 23.5 Å². The topological polar surface area (TPSA) is 54.0 Å². The Balaban J connectivity index is 1.93. The summed E-state index contributed by atoms with van der Waals surface area (Å²) in [4.78, 5) is 16.1. The van der Waals surface area contributed by atoms with E-state index in [1.807, 2.05) is 36.4 Å². The smallest absolute Gasteiger partial charge is 0.269 e. The molecule has 0 radical (unpaired) electrons. The first-order chi connectivity index (χ1) is 10.2. The van der Waals surface area contributed by atoms with Crippen LogP contribution in [0.2, 0.25) is 0 Å². The van der Waals surface area contributed by atoms with Gasteiger partial charge in [-0.25, -0.2) is 0 Å². The maximum absolute atomic E-state index is 12.0. The molecule has 0 bridgehead atoms. The molecule has 4 nitrogen and oxygen atoms in total. The van der Waals surface area contributed by atoms with Gasteiger partial charge in [0.25, 0.3) is 5.91 Å². The van der Waals surface area contributed by atoms with E-state index in [0.717, 1.165) is 5.69 Å². The number of amides is 1. The summed E-state index contributed by atoms with van der Waals surface area (Å²) in [6, 6.07) is 15.5. The molecule has 0 fully saturated rings. The SMILES string of the molecule is CC(C)C(CNC(=O)c1ccccn1)Nc1ccccc1. The number of hydrogen-bond acceptors (Lipinski definition) is 3. The van der Waals surface area contributed by atoms with Crippen molar-refractivity contribution >= 4 is 11.6 Å². The van der Waals surface area contributed by atoms with Crippen molar-refractivity contribution in [1.29, 1.82) is 0 Å². The summed E-state index contributed by atoms with van der Waals surface area (Å²) >= 11 is 0. The molecule has 1 aromatic heterocycles. The molecule has 0 saturated heterocycles. The summed E-state index contributed by atoms with van der Waals surface area (Å²) in [5.41, 5.74) is 1.50. The minimum Gasteiger partial charge on any atom is -0.380 e. The molecule has 0 aliphatic rings. The molecule has 4 heteroatoms. The molecular formula is C17H21N3O. The number of rotatable bonds is 6. The molecule has 0 aliphatic carbocycles. The average Bonchev–Trinajstić information content (AvgIpc) is 2.52. The van der Waals surface area contributed by atoms with Gasteiger partial charge in [0.2, 0.25) is 0 Å². The van der Waals surface area contributed by atoms with Crippen LogP contribution in [0.5, 0.6) is 0 Å². The Morgan fingerprint density at radius 1 is 1.10 bits per heavy atom. The number of para-hydroxylation sites is 1. The van der Waals surface area contributed by atoms with Gasteiger partial charge < -0.3 is 10.6 Å². The third-order valence-electron chi connectivity index (χ3n) is 3.31. The van der Waals surface area contributed by atoms with Gasteiger partial charge in [0, 0.05) is 24.5 Å². The van der Waals surface area contributed by atoms with Crippen LogP contribution in [0.1, 0.15) is 24.3 Å². The quantitative estimate of drug-likeness (QED) is 0.857. The molecule has 1 heterocycles. The first-order valence-electron chi connectivity index (χ1n) is 7.17. The molecule has 110 valence electrons. The van der Waals surface area contributed by atoms with E-state index in [1.165, 1.54) is 0 Å². The summed E-state index contributed by atoms with van der Waals surface area (Å²) in [5, 5.41) is 6.39. The molecule has 2 rings (SSSR count). The van der Waals surface area contributed by atoms with Gasteiger partial charge in [-0.15, -0.1) is 0 Å². The van der Waals surface area contributed by atoms with Crippen LogP contribution < -0.4 is 10.6 Å². The Kier molecular flexibility index (Phi) is 5.32. The van der Waals surface area contributed by atoms with E-state index in [-0.39, 0.29) is 11.9 Å². The first-order valence-corrected chi connectivity index (χ1v) is 7.17. The van der Waals surface area contributed by atoms with Crippen LogP contribution >= 0.6 is 0 Å². The Hall–Kier alpha value is -2.36. The number of hydrogen-bond donors (Lipinski definition) is 2. The Morgan fingerprint density at radius 2 is 1.81 bits per heavy atom. The minimum atomic E-state index is -0.142. The van der Waals surface area contributed by atoms with Crippen LogP contribution in [-0.2, 0) is 0 Å². The number of aromatic nitrogens is 1. The number of nitrogens with zero attached hydrogens (tertiary/aromatic N) is 1. The second-order valence-corrected chi connectivity index (χ2v) is 5.29. The van der Waals surface area contributed by atoms with Crippen LogP contribution in [0.15, 0.2) is 54.7 Å². The van der Waals surface area contributed by atoms with E-state index >= 15 is 0 Å². The molecule has 0 spiro atoms. The van der Waals surface area contributed by atoms with Gasteiger partial charge in [0.1, 0.15) is 5.69 Å². The summed E-state index contributed by atoms with van der Waals surface area (Å²) in [6.45, 7) is 4.82. The van der Waals surface area contributed by atoms with Crippen molar-refractivity contribution in [3.63, 3.8) is 0 Å². The second-order valence-electron chi connectivity index (χ2n) is 5.29. The molecule has 2 N–H and O–H groups in total. The highest BCUT2D eigenvalue weighted by Crippen LogP contribution is 2.11. The van der Waals surface area contributed by atoms with Gasteiger partial charge in [-0.2, -0.15) is 0 Å². The second kappa shape index (κ2) is 7.43. The van der Waals surface area contributed by atoms with E-state index in [9.17, 15) is 4.79 Å². The number of anilines is 1. The summed E-state index contributed by atoms with van der Waals surface area (Å²) < 4.78 is 0. The summed E-state index contributed by atoms with van der Waals surface area (Å²) in [7, 11) is 0. The molecular weight excluding hydrogens is 262 g/mol. The molecule has 1 aromatic carbocycles. The average molecular weight is 283 g/mol. The van der Waals surface area contributed by atoms with E-state index in [2.05, 4.69) is 29.5 Å². The van der Waals surface area contributed by atoms with Crippen molar-refractivity contribution in [1.82, 2.24) is 10.3 Å². The van der Waals surface area contributed by atoms with E-state index < -0.39 is 0 Å². The van der Waals surface area contributed by atoms with Crippen molar-refractivity contribution in [3.8, 4) is 0 Å². The van der Waals surface area contributed by atoms with E-state index in [0.29, 0.717) is 18.2 Å². The van der Waals surface area contributed by atoms with Crippen molar-refractivity contribution < 1.29 is 4.79 Å². The summed E-state index contributed by atoms with van der Waals surface area (Å²) in [5.74, 6) is 0.255. The lowest BCUT2D eigenvalue weighted by atomic mass is 10.0. The fourth-order valence-electron chi connectivity index (χ4n) is 1.99. The van der Waals surface area contributed by atoms with Crippen LogP contribution in [0.25, 0.3) is 0 Å². The zero-order valence-electron chi connectivity index (χ0n) is 12.4. The van der Waals surface area contributed by atoms with E-state index in [4.69, 9.17) is 0 Å². The molecule has 0 saturated carbocycles. The summed E-state index contributed by atoms with van der Waals surface area (Å²) in [6.07, 6.45) is 1.62. The van der Waals surface area contributed by atoms with Gasteiger partial charge in [0.05, 0.1) is 0 Å². The fraction of sp³-hybridized carbons (Fsp3) is 0.294. The number of nitrogens with one attached hydrogen (secondary N) is 2. The Bertz CT molecular complexity index is 555. The molecule has 0 aliphatic heterocycles. The van der Waals surface area contributed by atoms with Gasteiger partial charge >= 0.3 is 0 Å². The third kappa shape index (κ3) is 4.60. The normalized spacial score (nSPS) is 12.0. The zero-order valence-corrected chi connectivity index (χ0v) is 12.4. The number of carbonyl (C=O) groups excluding carboxylic acids is 1. The standard InChI is InChI=1S/C17H21N3O/c1-13(2)16(20-14-8-4-3-5-9-14)12-19-17(21)15-10-6-7-11-18-15/h3-11,13,16,20H,12H2,1-2H3,(H,19,21). The van der Waals surface area contributed by atoms with Gasteiger partial charge in [0.15, 0.2) is 0 Å². The van der Waals surface area contributed by atoms with Crippen molar-refractivity contribution in [2.45, 2.75) is 19.9 Å². The predicted molar refractivity (Wildman–Crippen MR) is 85.3 cm³/mol. The maximum atomic E-state index is 12.0. The van der Waals surface area contributed by atoms with Crippen LogP contribution in [0, 0.1) is 5.92 Å². The predicted octanol–water partition coefficient (Wildman–Crippen LogP) is 2.95. The van der Waals surface area contributed by atoms with Gasteiger partial charge in [-0.1, -0.05) is 38.1 Å². The molecule has 21 heavy (non-hydrogen) atoms. The number of benzene rings is 1. The lowest BCUT2D eigenvalue weighted by molar-refractivity contribution is 0.0945. The Labute approximate surface area is 125 Å². The minimum absolute atomic E-state index is 0.142. The monoisotopic (exact) mass is 283 g/mol. The molecule has 1 atom stereocenters. The number of carbonyl (C=O) groups is 1. The number of pyridine rings is 1. The van der Waals surface area contributed by atoms with Gasteiger partial charge in [-0.3, -0.25) is 9.78 Å². The first kappa shape index (κ1) is 15.0. The van der Waals surface area contributed by atoms with Crippen molar-refractivity contribution in [2.24, 2.45) is 5.92 Å². The zero-order chi connectivity index (χ0) is 15.1. The highest BCUT2D eigenvalue weighted by atomic mass is 16.1. The van der Waals surface area contributed by atoms with Crippen LogP contribution in [0.4, 0.5) is 5.69 Å². The molecule has 1 unspecified atom stereocenters. The van der Waals surface area contributed by atoms with Crippen molar-refractivity contribution in [3.05, 3.63) is 60.4 Å². The van der Waals surface area contributed by atoms with Crippen molar-refractivity contribution in [2.75, 3.05) is 11.9 Å². The largest absolute Gasteiger partial charge is 0.380 e. The third-order valence-corrected chi connectivity index (χ3v) is 3.31.